The smallest absolute Gasteiger partial charge is 0.122 e. The highest BCUT2D eigenvalue weighted by Gasteiger charge is 2.23. The van der Waals surface area contributed by atoms with Crippen LogP contribution in [-0.4, -0.2) is 39.2 Å². The van der Waals surface area contributed by atoms with Crippen molar-refractivity contribution in [3.8, 4) is 5.75 Å². The Morgan fingerprint density at radius 3 is 2.54 bits per heavy atom. The molecule has 0 aliphatic heterocycles. The summed E-state index contributed by atoms with van der Waals surface area (Å²) in [4.78, 5) is 0. The maximum absolute atomic E-state index is 10.3. The van der Waals surface area contributed by atoms with Crippen LogP contribution in [0.1, 0.15) is 38.2 Å². The largest absolute Gasteiger partial charge is 0.507 e. The molecule has 0 saturated carbocycles. The summed E-state index contributed by atoms with van der Waals surface area (Å²) in [6.07, 6.45) is 4.56. The summed E-state index contributed by atoms with van der Waals surface area (Å²) < 4.78 is 0.889. The highest BCUT2D eigenvalue weighted by molar-refractivity contribution is 9.10. The number of aliphatic hydroxyl groups excluding tert-OH is 3. The Labute approximate surface area is 152 Å². The molecule has 3 atom stereocenters. The van der Waals surface area contributed by atoms with Crippen molar-refractivity contribution in [3.63, 3.8) is 0 Å². The predicted molar refractivity (Wildman–Crippen MR) is 101 cm³/mol. The summed E-state index contributed by atoms with van der Waals surface area (Å²) in [5.74, 6) is -0.343. The molecule has 0 bridgehead atoms. The normalized spacial score (nSPS) is 15.8. The van der Waals surface area contributed by atoms with E-state index in [4.69, 9.17) is 5.11 Å². The molecule has 24 heavy (non-hydrogen) atoms. The first-order valence-corrected chi connectivity index (χ1v) is 8.99. The lowest BCUT2D eigenvalue weighted by Crippen LogP contribution is -2.32. The van der Waals surface area contributed by atoms with E-state index in [0.717, 1.165) is 28.5 Å². The lowest BCUT2D eigenvalue weighted by molar-refractivity contribution is 0.00209. The molecule has 0 aromatic heterocycles. The Bertz CT molecular complexity index is 556. The van der Waals surface area contributed by atoms with Gasteiger partial charge in [0.25, 0.3) is 0 Å². The molecule has 0 amide bonds. The van der Waals surface area contributed by atoms with Crippen molar-refractivity contribution in [3.05, 3.63) is 46.5 Å². The molecular weight excluding hydrogens is 372 g/mol. The molecule has 0 aliphatic rings. The van der Waals surface area contributed by atoms with Gasteiger partial charge < -0.3 is 20.4 Å². The van der Waals surface area contributed by atoms with Crippen LogP contribution in [0.15, 0.2) is 40.9 Å². The van der Waals surface area contributed by atoms with Crippen LogP contribution in [0.3, 0.4) is 0 Å². The fourth-order valence-corrected chi connectivity index (χ4v) is 3.05. The topological polar surface area (TPSA) is 80.9 Å². The first kappa shape index (κ1) is 20.9. The van der Waals surface area contributed by atoms with Crippen LogP contribution in [0.2, 0.25) is 0 Å². The van der Waals surface area contributed by atoms with E-state index in [1.807, 2.05) is 12.1 Å². The second kappa shape index (κ2) is 10.7. The van der Waals surface area contributed by atoms with Crippen molar-refractivity contribution in [1.82, 2.24) is 0 Å². The maximum atomic E-state index is 10.3. The van der Waals surface area contributed by atoms with Crippen molar-refractivity contribution >= 4 is 22.0 Å². The number of phenols is 1. The molecule has 5 heteroatoms. The fraction of sp³-hybridized carbons (Fsp3) is 0.474. The van der Waals surface area contributed by atoms with Gasteiger partial charge in [0.15, 0.2) is 0 Å². The quantitative estimate of drug-likeness (QED) is 0.453. The van der Waals surface area contributed by atoms with Gasteiger partial charge in [0.1, 0.15) is 5.75 Å². The van der Waals surface area contributed by atoms with Gasteiger partial charge >= 0.3 is 0 Å². The van der Waals surface area contributed by atoms with Gasteiger partial charge in [0, 0.05) is 16.0 Å². The fourth-order valence-electron chi connectivity index (χ4n) is 2.67. The summed E-state index contributed by atoms with van der Waals surface area (Å²) in [5.41, 5.74) is 1.85. The van der Waals surface area contributed by atoms with E-state index in [0.29, 0.717) is 12.8 Å². The zero-order chi connectivity index (χ0) is 18.1. The number of benzene rings is 1. The van der Waals surface area contributed by atoms with Crippen LogP contribution in [0.4, 0.5) is 0 Å². The van der Waals surface area contributed by atoms with Crippen molar-refractivity contribution in [2.45, 2.75) is 44.8 Å². The van der Waals surface area contributed by atoms with Gasteiger partial charge in [-0.2, -0.15) is 0 Å². The third-order valence-electron chi connectivity index (χ3n) is 4.03. The molecule has 0 aliphatic carbocycles. The van der Waals surface area contributed by atoms with Gasteiger partial charge in [0.2, 0.25) is 0 Å². The first-order valence-electron chi connectivity index (χ1n) is 8.20. The zero-order valence-corrected chi connectivity index (χ0v) is 15.6. The highest BCUT2D eigenvalue weighted by Crippen LogP contribution is 2.27. The average Bonchev–Trinajstić information content (AvgIpc) is 2.56. The van der Waals surface area contributed by atoms with Crippen LogP contribution in [0.5, 0.6) is 5.75 Å². The van der Waals surface area contributed by atoms with Crippen molar-refractivity contribution in [2.24, 2.45) is 5.92 Å². The number of allylic oxidation sites excluding steroid dienone is 1. The van der Waals surface area contributed by atoms with Crippen molar-refractivity contribution in [1.29, 1.82) is 0 Å². The highest BCUT2D eigenvalue weighted by atomic mass is 79.9. The molecule has 0 unspecified atom stereocenters. The number of rotatable bonds is 10. The second-order valence-electron chi connectivity index (χ2n) is 5.92. The van der Waals surface area contributed by atoms with E-state index in [-0.39, 0.29) is 5.75 Å². The number of aliphatic hydroxyl groups is 3. The molecule has 0 spiro atoms. The Hall–Kier alpha value is -1.14. The molecule has 0 radical (unpaired) electrons. The lowest BCUT2D eigenvalue weighted by atomic mass is 9.90. The van der Waals surface area contributed by atoms with Crippen LogP contribution in [0.25, 0.3) is 6.08 Å². The van der Waals surface area contributed by atoms with E-state index >= 15 is 0 Å². The van der Waals surface area contributed by atoms with E-state index in [1.54, 1.807) is 12.1 Å². The third kappa shape index (κ3) is 6.40. The number of aromatic hydroxyl groups is 1. The molecule has 134 valence electrons. The molecule has 0 fully saturated rings. The Kier molecular flexibility index (Phi) is 9.29. The maximum Gasteiger partial charge on any atom is 0.122 e. The van der Waals surface area contributed by atoms with E-state index < -0.39 is 24.7 Å². The van der Waals surface area contributed by atoms with Crippen LogP contribution in [-0.2, 0) is 0 Å². The van der Waals surface area contributed by atoms with E-state index in [1.165, 1.54) is 6.08 Å². The minimum atomic E-state index is -1.01. The van der Waals surface area contributed by atoms with Gasteiger partial charge in [-0.1, -0.05) is 47.0 Å². The third-order valence-corrected chi connectivity index (χ3v) is 4.52. The summed E-state index contributed by atoms with van der Waals surface area (Å²) in [7, 11) is 0. The first-order chi connectivity index (χ1) is 11.4. The van der Waals surface area contributed by atoms with Gasteiger partial charge in [-0.05, 0) is 37.5 Å². The molecule has 0 heterocycles. The number of hydrogen-bond donors (Lipinski definition) is 4. The molecule has 0 saturated heterocycles. The molecule has 1 rings (SSSR count). The van der Waals surface area contributed by atoms with Gasteiger partial charge in [-0.25, -0.2) is 0 Å². The van der Waals surface area contributed by atoms with Crippen LogP contribution in [0, 0.1) is 5.92 Å². The lowest BCUT2D eigenvalue weighted by Gasteiger charge is -2.24. The Morgan fingerprint density at radius 1 is 1.25 bits per heavy atom. The second-order valence-corrected chi connectivity index (χ2v) is 6.84. The summed E-state index contributed by atoms with van der Waals surface area (Å²) in [6.45, 7) is 5.29. The molecular formula is C19H27BrO4. The molecule has 1 aromatic carbocycles. The van der Waals surface area contributed by atoms with Gasteiger partial charge in [-0.15, -0.1) is 6.58 Å². The standard InChI is InChI=1S/C19H27BrO4/c1-3-5-13(10-14-11-15(20)7-9-17(14)22)6-8-18(23)16(4-2)19(24)12-21/h4,7,9-11,16,18-19,21-24H,2-3,5-6,8,12H2,1H3/b13-10+/t16-,18-,19-/m1/s1. The number of halogens is 1. The van der Waals surface area contributed by atoms with Gasteiger partial charge in [0.05, 0.1) is 18.8 Å². The van der Waals surface area contributed by atoms with Crippen LogP contribution < -0.4 is 0 Å². The van der Waals surface area contributed by atoms with Crippen molar-refractivity contribution < 1.29 is 20.4 Å². The number of phenolic OH excluding ortho intramolecular Hbond substituents is 1. The molecule has 1 aromatic rings. The monoisotopic (exact) mass is 398 g/mol. The van der Waals surface area contributed by atoms with Crippen molar-refractivity contribution in [2.75, 3.05) is 6.61 Å². The SMILES string of the molecule is C=C[C@@H]([C@H](O)CO)[C@H](O)CC/C(=C/c1cc(Br)ccc1O)CCC. The summed E-state index contributed by atoms with van der Waals surface area (Å²) in [6, 6.07) is 5.27. The van der Waals surface area contributed by atoms with Gasteiger partial charge in [-0.3, -0.25) is 0 Å². The Balaban J connectivity index is 2.84. The van der Waals surface area contributed by atoms with E-state index in [9.17, 15) is 15.3 Å². The molecule has 4 nitrogen and oxygen atoms in total. The minimum absolute atomic E-state index is 0.215. The minimum Gasteiger partial charge on any atom is -0.507 e. The van der Waals surface area contributed by atoms with E-state index in [2.05, 4.69) is 29.4 Å². The Morgan fingerprint density at radius 2 is 1.96 bits per heavy atom. The average molecular weight is 399 g/mol. The summed E-state index contributed by atoms with van der Waals surface area (Å²) in [5, 5.41) is 39.0. The molecule has 4 N–H and O–H groups in total. The number of hydrogen-bond acceptors (Lipinski definition) is 4. The zero-order valence-electron chi connectivity index (χ0n) is 14.0. The predicted octanol–water partition coefficient (Wildman–Crippen LogP) is 3.63. The summed E-state index contributed by atoms with van der Waals surface area (Å²) >= 11 is 3.40. The van der Waals surface area contributed by atoms with Crippen LogP contribution >= 0.6 is 15.9 Å².